The van der Waals surface area contributed by atoms with E-state index >= 15 is 0 Å². The third-order valence-electron chi connectivity index (χ3n) is 2.85. The van der Waals surface area contributed by atoms with Gasteiger partial charge in [0.15, 0.2) is 0 Å². The van der Waals surface area contributed by atoms with E-state index in [1.54, 1.807) is 0 Å². The molecule has 0 spiro atoms. The van der Waals surface area contributed by atoms with Gasteiger partial charge in [-0.3, -0.25) is 0 Å². The topological polar surface area (TPSA) is 50.4 Å². The fourth-order valence-electron chi connectivity index (χ4n) is 2.07. The van der Waals surface area contributed by atoms with Crippen LogP contribution in [0.3, 0.4) is 0 Å². The Balaban J connectivity index is 1.95. The minimum Gasteiger partial charge on any atom is -0.330 e. The molecule has 3 nitrogen and oxygen atoms in total. The molecule has 3 N–H and O–H groups in total. The average Bonchev–Trinajstić information content (AvgIpc) is 2.50. The summed E-state index contributed by atoms with van der Waals surface area (Å²) in [5.41, 5.74) is 8.75. The van der Waals surface area contributed by atoms with Gasteiger partial charge in [0.1, 0.15) is 0 Å². The smallest absolute Gasteiger partial charge is 0.0518 e. The van der Waals surface area contributed by atoms with Crippen LogP contribution in [0.4, 0.5) is 0 Å². The van der Waals surface area contributed by atoms with Crippen molar-refractivity contribution in [2.45, 2.75) is 25.3 Å². The van der Waals surface area contributed by atoms with Gasteiger partial charge in [-0.05, 0) is 31.7 Å². The first-order chi connectivity index (χ1) is 5.40. The van der Waals surface area contributed by atoms with Crippen LogP contribution in [0, 0.1) is 11.8 Å². The third kappa shape index (κ3) is 1.25. The second-order valence-electron chi connectivity index (χ2n) is 3.59. The van der Waals surface area contributed by atoms with Gasteiger partial charge in [-0.1, -0.05) is 0 Å². The molecule has 0 aromatic carbocycles. The molecule has 11 heavy (non-hydrogen) atoms. The maximum atomic E-state index is 5.62. The van der Waals surface area contributed by atoms with Crippen molar-refractivity contribution in [2.24, 2.45) is 22.7 Å². The Hall–Kier alpha value is -0.570. The van der Waals surface area contributed by atoms with Crippen LogP contribution in [0.5, 0.6) is 0 Å². The van der Waals surface area contributed by atoms with E-state index in [2.05, 4.69) is 10.5 Å². The summed E-state index contributed by atoms with van der Waals surface area (Å²) in [7, 11) is 0. The summed E-state index contributed by atoms with van der Waals surface area (Å²) in [5, 5.41) is 4.08. The van der Waals surface area contributed by atoms with Gasteiger partial charge in [-0.15, -0.1) is 0 Å². The minimum absolute atomic E-state index is 0.623. The van der Waals surface area contributed by atoms with Gasteiger partial charge < -0.3 is 11.2 Å². The monoisotopic (exact) mass is 153 g/mol. The minimum atomic E-state index is 0.623. The van der Waals surface area contributed by atoms with Gasteiger partial charge in [-0.25, -0.2) is 0 Å². The summed E-state index contributed by atoms with van der Waals surface area (Å²) in [5.74, 6) is 1.40. The predicted molar refractivity (Wildman–Crippen MR) is 45.3 cm³/mol. The summed E-state index contributed by atoms with van der Waals surface area (Å²) in [4.78, 5) is 0. The number of fused-ring (bicyclic) bond motifs is 1. The van der Waals surface area contributed by atoms with Crippen molar-refractivity contribution in [2.75, 3.05) is 6.54 Å². The number of hydrogen-bond acceptors (Lipinski definition) is 3. The molecule has 0 amide bonds. The van der Waals surface area contributed by atoms with E-state index in [9.17, 15) is 0 Å². The van der Waals surface area contributed by atoms with Gasteiger partial charge in [0.05, 0.1) is 6.04 Å². The lowest BCUT2D eigenvalue weighted by Crippen LogP contribution is -2.35. The van der Waals surface area contributed by atoms with Crippen LogP contribution in [0.2, 0.25) is 0 Å². The molecule has 1 saturated carbocycles. The van der Waals surface area contributed by atoms with Gasteiger partial charge in [0, 0.05) is 12.1 Å². The van der Waals surface area contributed by atoms with E-state index in [-0.39, 0.29) is 0 Å². The lowest BCUT2D eigenvalue weighted by Gasteiger charge is -2.29. The molecule has 2 aliphatic rings. The Kier molecular flexibility index (Phi) is 1.82. The second kappa shape index (κ2) is 2.81. The van der Waals surface area contributed by atoms with E-state index in [0.29, 0.717) is 12.0 Å². The molecular formula is C8H15N3. The first-order valence-electron chi connectivity index (χ1n) is 4.39. The molecule has 0 radical (unpaired) electrons. The van der Waals surface area contributed by atoms with Gasteiger partial charge >= 0.3 is 0 Å². The van der Waals surface area contributed by atoms with Crippen LogP contribution in [0.15, 0.2) is 5.10 Å². The number of nitrogens with zero attached hydrogens (tertiary/aromatic N) is 1. The van der Waals surface area contributed by atoms with Crippen molar-refractivity contribution in [3.05, 3.63) is 0 Å². The molecule has 0 aromatic heterocycles. The molecule has 0 saturated heterocycles. The van der Waals surface area contributed by atoms with Gasteiger partial charge in [0.25, 0.3) is 0 Å². The van der Waals surface area contributed by atoms with Gasteiger partial charge in [0.2, 0.25) is 0 Å². The SMILES string of the molecule is NCC1CCC2NN=CC2C1. The molecule has 3 heteroatoms. The van der Waals surface area contributed by atoms with Crippen LogP contribution in [0.25, 0.3) is 0 Å². The van der Waals surface area contributed by atoms with E-state index < -0.39 is 0 Å². The highest BCUT2D eigenvalue weighted by Crippen LogP contribution is 2.29. The molecule has 3 unspecified atom stereocenters. The third-order valence-corrected chi connectivity index (χ3v) is 2.85. The first-order valence-corrected chi connectivity index (χ1v) is 4.39. The van der Waals surface area contributed by atoms with E-state index in [4.69, 9.17) is 5.73 Å². The summed E-state index contributed by atoms with van der Waals surface area (Å²) in [6.07, 6.45) is 5.80. The molecule has 1 fully saturated rings. The molecule has 1 aliphatic heterocycles. The van der Waals surface area contributed by atoms with Crippen molar-refractivity contribution in [1.29, 1.82) is 0 Å². The molecule has 1 heterocycles. The molecule has 0 bridgehead atoms. The van der Waals surface area contributed by atoms with Crippen molar-refractivity contribution in [3.63, 3.8) is 0 Å². The van der Waals surface area contributed by atoms with Crippen LogP contribution in [-0.4, -0.2) is 18.8 Å². The average molecular weight is 153 g/mol. The first kappa shape index (κ1) is 7.10. The molecular weight excluding hydrogens is 138 g/mol. The largest absolute Gasteiger partial charge is 0.330 e. The van der Waals surface area contributed by atoms with Crippen molar-refractivity contribution in [3.8, 4) is 0 Å². The van der Waals surface area contributed by atoms with Crippen LogP contribution >= 0.6 is 0 Å². The van der Waals surface area contributed by atoms with E-state index in [0.717, 1.165) is 12.5 Å². The summed E-state index contributed by atoms with van der Waals surface area (Å²) in [6.45, 7) is 0.844. The fourth-order valence-corrected chi connectivity index (χ4v) is 2.07. The van der Waals surface area contributed by atoms with Crippen LogP contribution in [-0.2, 0) is 0 Å². The highest BCUT2D eigenvalue weighted by molar-refractivity contribution is 5.63. The number of hydrazone groups is 1. The normalized spacial score (nSPS) is 41.7. The summed E-state index contributed by atoms with van der Waals surface area (Å²) < 4.78 is 0. The second-order valence-corrected chi connectivity index (χ2v) is 3.59. The fraction of sp³-hybridized carbons (Fsp3) is 0.875. The zero-order valence-electron chi connectivity index (χ0n) is 6.66. The van der Waals surface area contributed by atoms with Crippen molar-refractivity contribution >= 4 is 6.21 Å². The van der Waals surface area contributed by atoms with Crippen LogP contribution in [0.1, 0.15) is 19.3 Å². The highest BCUT2D eigenvalue weighted by Gasteiger charge is 2.31. The zero-order valence-corrected chi connectivity index (χ0v) is 6.66. The molecule has 0 aromatic rings. The Morgan fingerprint density at radius 3 is 3.27 bits per heavy atom. The van der Waals surface area contributed by atoms with E-state index in [1.807, 2.05) is 6.21 Å². The number of nitrogens with one attached hydrogen (secondary N) is 1. The Labute approximate surface area is 67.0 Å². The standard InChI is InChI=1S/C8H15N3/c9-4-6-1-2-8-7(3-6)5-10-11-8/h5-8,11H,1-4,9H2. The van der Waals surface area contributed by atoms with Crippen molar-refractivity contribution in [1.82, 2.24) is 5.43 Å². The Bertz CT molecular complexity index is 167. The summed E-state index contributed by atoms with van der Waals surface area (Å²) in [6, 6.07) is 0.623. The van der Waals surface area contributed by atoms with E-state index in [1.165, 1.54) is 19.3 Å². The lowest BCUT2D eigenvalue weighted by atomic mass is 9.79. The Morgan fingerprint density at radius 1 is 1.55 bits per heavy atom. The lowest BCUT2D eigenvalue weighted by molar-refractivity contribution is 0.277. The Morgan fingerprint density at radius 2 is 2.45 bits per heavy atom. The number of nitrogens with two attached hydrogens (primary N) is 1. The summed E-state index contributed by atoms with van der Waals surface area (Å²) >= 11 is 0. The molecule has 62 valence electrons. The van der Waals surface area contributed by atoms with Crippen molar-refractivity contribution < 1.29 is 0 Å². The quantitative estimate of drug-likeness (QED) is 0.570. The highest BCUT2D eigenvalue weighted by atomic mass is 15.3. The van der Waals surface area contributed by atoms with Gasteiger partial charge in [-0.2, -0.15) is 5.10 Å². The maximum Gasteiger partial charge on any atom is 0.0518 e. The maximum absolute atomic E-state index is 5.62. The predicted octanol–water partition coefficient (Wildman–Crippen LogP) is 0.319. The van der Waals surface area contributed by atoms with Crippen LogP contribution < -0.4 is 11.2 Å². The number of hydrogen-bond donors (Lipinski definition) is 2. The number of rotatable bonds is 1. The molecule has 1 aliphatic carbocycles. The molecule has 2 rings (SSSR count). The molecule has 3 atom stereocenters. The zero-order chi connectivity index (χ0) is 7.68.